The fraction of sp³-hybridized carbons (Fsp3) is 0.949. The van der Waals surface area contributed by atoms with Crippen LogP contribution in [-0.2, 0) is 19.1 Å². The number of carbonyl (C=O) groups is 3. The lowest BCUT2D eigenvalue weighted by molar-refractivity contribution is -0.157. The number of amides is 1. The molecule has 1 amide bonds. The van der Waals surface area contributed by atoms with Crippen LogP contribution < -0.4 is 5.32 Å². The van der Waals surface area contributed by atoms with E-state index in [1.165, 1.54) is 238 Å². The van der Waals surface area contributed by atoms with Crippen LogP contribution in [0.3, 0.4) is 0 Å². The molecule has 0 spiro atoms. The second-order valence-corrected chi connectivity index (χ2v) is 20.7. The number of nitrogens with one attached hydrogen (secondary N) is 1. The number of carboxylic acid groups (broad SMARTS) is 1. The molecule has 0 heterocycles. The lowest BCUT2D eigenvalue weighted by atomic mass is 9.86. The van der Waals surface area contributed by atoms with Crippen molar-refractivity contribution in [3.05, 3.63) is 0 Å². The Balaban J connectivity index is 5.24. The molecule has 386 valence electrons. The maximum absolute atomic E-state index is 14.1. The molecule has 0 bridgehead atoms. The van der Waals surface area contributed by atoms with Crippen molar-refractivity contribution in [2.75, 3.05) is 0 Å². The predicted molar refractivity (Wildman–Crippen MR) is 282 cm³/mol. The number of rotatable bonds is 54. The fourth-order valence-corrected chi connectivity index (χ4v) is 9.85. The normalized spacial score (nSPS) is 12.9. The smallest absolute Gasteiger partial charge is 0.328 e. The van der Waals surface area contributed by atoms with Gasteiger partial charge < -0.3 is 15.2 Å². The summed E-state index contributed by atoms with van der Waals surface area (Å²) in [6.07, 6.45) is 58.6. The van der Waals surface area contributed by atoms with E-state index in [1.807, 2.05) is 0 Å². The van der Waals surface area contributed by atoms with Crippen LogP contribution in [0, 0.1) is 5.92 Å². The summed E-state index contributed by atoms with van der Waals surface area (Å²) >= 11 is 0. The minimum Gasteiger partial charge on any atom is -0.481 e. The summed E-state index contributed by atoms with van der Waals surface area (Å²) in [7, 11) is 0. The highest BCUT2D eigenvalue weighted by Crippen LogP contribution is 2.29. The topological polar surface area (TPSA) is 92.7 Å². The van der Waals surface area contributed by atoms with Crippen molar-refractivity contribution in [1.82, 2.24) is 5.32 Å². The largest absolute Gasteiger partial charge is 0.481 e. The molecule has 0 radical (unpaired) electrons. The van der Waals surface area contributed by atoms with Gasteiger partial charge in [0.15, 0.2) is 0 Å². The molecule has 0 aliphatic rings. The average Bonchev–Trinajstić information content (AvgIpc) is 3.29. The van der Waals surface area contributed by atoms with E-state index >= 15 is 0 Å². The fourth-order valence-electron chi connectivity index (χ4n) is 9.85. The van der Waals surface area contributed by atoms with E-state index in [0.717, 1.165) is 57.8 Å². The van der Waals surface area contributed by atoms with E-state index in [4.69, 9.17) is 4.74 Å². The van der Waals surface area contributed by atoms with E-state index in [0.29, 0.717) is 12.3 Å². The number of unbranched alkanes of at least 4 members (excludes halogenated alkanes) is 39. The third kappa shape index (κ3) is 45.9. The van der Waals surface area contributed by atoms with Gasteiger partial charge in [-0.25, -0.2) is 4.79 Å². The molecule has 6 heteroatoms. The van der Waals surface area contributed by atoms with Crippen molar-refractivity contribution in [3.63, 3.8) is 0 Å². The van der Waals surface area contributed by atoms with Gasteiger partial charge in [0.2, 0.25) is 5.91 Å². The van der Waals surface area contributed by atoms with Gasteiger partial charge in [0, 0.05) is 12.8 Å². The van der Waals surface area contributed by atoms with Gasteiger partial charge in [0.05, 0.1) is 0 Å². The summed E-state index contributed by atoms with van der Waals surface area (Å²) in [6, 6.07) is -0.910. The highest BCUT2D eigenvalue weighted by Gasteiger charge is 2.30. The molecule has 0 aliphatic carbocycles. The maximum atomic E-state index is 14.1. The molecule has 2 unspecified atom stereocenters. The summed E-state index contributed by atoms with van der Waals surface area (Å²) in [6.45, 7) is 9.08. The van der Waals surface area contributed by atoms with Gasteiger partial charge >= 0.3 is 11.9 Å². The van der Waals surface area contributed by atoms with Crippen LogP contribution in [0.1, 0.15) is 342 Å². The van der Waals surface area contributed by atoms with Crippen LogP contribution in [0.5, 0.6) is 0 Å². The SMILES string of the molecule is CCCCCCCCCCCCCCCCCCCCCCC(OC(=O)[C@H](CCC(=O)O)NC(=O)CCCCCCCCCCC)C(CCCCCCCC)CCCCCCCCCC. The first-order valence-corrected chi connectivity index (χ1v) is 29.6. The summed E-state index contributed by atoms with van der Waals surface area (Å²) < 4.78 is 6.52. The second-order valence-electron chi connectivity index (χ2n) is 20.7. The van der Waals surface area contributed by atoms with Gasteiger partial charge in [-0.3, -0.25) is 9.59 Å². The first-order chi connectivity index (χ1) is 31.9. The monoisotopic (exact) mass is 918 g/mol. The summed E-state index contributed by atoms with van der Waals surface area (Å²) in [5.74, 6) is -1.22. The molecule has 6 nitrogen and oxygen atoms in total. The first kappa shape index (κ1) is 63.4. The van der Waals surface area contributed by atoms with Crippen molar-refractivity contribution >= 4 is 17.8 Å². The molecule has 65 heavy (non-hydrogen) atoms. The quantitative estimate of drug-likeness (QED) is 0.0468. The van der Waals surface area contributed by atoms with E-state index in [2.05, 4.69) is 33.0 Å². The molecule has 0 rings (SSSR count). The van der Waals surface area contributed by atoms with Crippen LogP contribution in [-0.4, -0.2) is 35.1 Å². The summed E-state index contributed by atoms with van der Waals surface area (Å²) in [5.41, 5.74) is 0. The zero-order valence-electron chi connectivity index (χ0n) is 44.5. The van der Waals surface area contributed by atoms with Crippen LogP contribution in [0.4, 0.5) is 0 Å². The molecule has 0 aliphatic heterocycles. The van der Waals surface area contributed by atoms with Crippen molar-refractivity contribution < 1.29 is 24.2 Å². The number of carboxylic acids is 1. The van der Waals surface area contributed by atoms with Gasteiger partial charge in [-0.15, -0.1) is 0 Å². The minimum absolute atomic E-state index is 0.0732. The van der Waals surface area contributed by atoms with Gasteiger partial charge in [-0.2, -0.15) is 0 Å². The molecule has 0 aromatic rings. The predicted octanol–water partition coefficient (Wildman–Crippen LogP) is 19.3. The Morgan fingerprint density at radius 1 is 0.354 bits per heavy atom. The Morgan fingerprint density at radius 2 is 0.631 bits per heavy atom. The minimum atomic E-state index is -0.951. The Bertz CT molecular complexity index is 1000. The molecule has 0 aromatic heterocycles. The van der Waals surface area contributed by atoms with Crippen molar-refractivity contribution in [1.29, 1.82) is 0 Å². The molecule has 2 N–H and O–H groups in total. The van der Waals surface area contributed by atoms with Gasteiger partial charge in [-0.05, 0) is 44.4 Å². The van der Waals surface area contributed by atoms with Crippen molar-refractivity contribution in [2.24, 2.45) is 5.92 Å². The average molecular weight is 919 g/mol. The Kier molecular flexibility index (Phi) is 50.5. The molecule has 0 saturated carbocycles. The van der Waals surface area contributed by atoms with Gasteiger partial charge in [0.1, 0.15) is 12.1 Å². The number of hydrogen-bond acceptors (Lipinski definition) is 4. The number of ether oxygens (including phenoxy) is 1. The molecule has 3 atom stereocenters. The van der Waals surface area contributed by atoms with Crippen molar-refractivity contribution in [2.45, 2.75) is 354 Å². The summed E-state index contributed by atoms with van der Waals surface area (Å²) in [5, 5.41) is 12.5. The Morgan fingerprint density at radius 3 is 0.938 bits per heavy atom. The first-order valence-electron chi connectivity index (χ1n) is 29.6. The number of esters is 1. The van der Waals surface area contributed by atoms with E-state index < -0.39 is 18.0 Å². The number of aliphatic carboxylic acids is 1. The van der Waals surface area contributed by atoms with E-state index in [-0.39, 0.29) is 24.9 Å². The Hall–Kier alpha value is -1.59. The van der Waals surface area contributed by atoms with E-state index in [9.17, 15) is 19.5 Å². The highest BCUT2D eigenvalue weighted by atomic mass is 16.5. The van der Waals surface area contributed by atoms with Crippen molar-refractivity contribution in [3.8, 4) is 0 Å². The third-order valence-corrected chi connectivity index (χ3v) is 14.3. The second kappa shape index (κ2) is 51.8. The van der Waals surface area contributed by atoms with E-state index in [1.54, 1.807) is 0 Å². The van der Waals surface area contributed by atoms with Crippen LogP contribution in [0.15, 0.2) is 0 Å². The third-order valence-electron chi connectivity index (χ3n) is 14.3. The van der Waals surface area contributed by atoms with Gasteiger partial charge in [-0.1, -0.05) is 291 Å². The van der Waals surface area contributed by atoms with Gasteiger partial charge in [0.25, 0.3) is 0 Å². The zero-order chi connectivity index (χ0) is 47.5. The highest BCUT2D eigenvalue weighted by molar-refractivity contribution is 5.85. The zero-order valence-corrected chi connectivity index (χ0v) is 44.5. The molecule has 0 saturated heterocycles. The standard InChI is InChI=1S/C59H115NO5/c1-5-9-13-17-21-24-25-26-27-28-29-30-31-32-33-34-36-38-42-46-50-56(54(48-44-40-20-16-12-8-4)49-45-41-37-23-19-15-11-7-3)65-59(64)55(52-53-58(62)63)60-57(61)51-47-43-39-35-22-18-14-10-6-2/h54-56H,5-53H2,1-4H3,(H,60,61)(H,62,63)/t54?,55-,56?/m0/s1. The lowest BCUT2D eigenvalue weighted by Crippen LogP contribution is -2.44. The lowest BCUT2D eigenvalue weighted by Gasteiger charge is -2.29. The number of hydrogen-bond donors (Lipinski definition) is 2. The maximum Gasteiger partial charge on any atom is 0.328 e. The van der Waals surface area contributed by atoms with Crippen LogP contribution in [0.25, 0.3) is 0 Å². The molecule has 0 aromatic carbocycles. The van der Waals surface area contributed by atoms with Crippen LogP contribution >= 0.6 is 0 Å². The number of carbonyl (C=O) groups excluding carboxylic acids is 2. The Labute approximate surface area is 406 Å². The van der Waals surface area contributed by atoms with Crippen LogP contribution in [0.2, 0.25) is 0 Å². The summed E-state index contributed by atoms with van der Waals surface area (Å²) in [4.78, 5) is 38.9. The molecular formula is C59H115NO5. The molecule has 0 fully saturated rings. The molecular weight excluding hydrogens is 803 g/mol.